The van der Waals surface area contributed by atoms with Crippen molar-refractivity contribution in [2.45, 2.75) is 46.6 Å². The van der Waals surface area contributed by atoms with Gasteiger partial charge in [-0.25, -0.2) is 0 Å². The number of hydrogen-bond acceptors (Lipinski definition) is 2. The van der Waals surface area contributed by atoms with E-state index in [0.717, 1.165) is 30.6 Å². The molecule has 0 N–H and O–H groups in total. The number of benzene rings is 1. The summed E-state index contributed by atoms with van der Waals surface area (Å²) in [7, 11) is 0. The van der Waals surface area contributed by atoms with E-state index in [4.69, 9.17) is 0 Å². The van der Waals surface area contributed by atoms with Crippen molar-refractivity contribution in [3.8, 4) is 0 Å². The van der Waals surface area contributed by atoms with Crippen molar-refractivity contribution in [3.63, 3.8) is 0 Å². The van der Waals surface area contributed by atoms with Crippen LogP contribution in [-0.4, -0.2) is 29.3 Å². The minimum atomic E-state index is -0.393. The van der Waals surface area contributed by atoms with Gasteiger partial charge in [-0.1, -0.05) is 45.0 Å². The Labute approximate surface area is 111 Å². The number of rotatable bonds is 6. The van der Waals surface area contributed by atoms with Gasteiger partial charge in [0.15, 0.2) is 5.78 Å². The molecule has 100 valence electrons. The zero-order valence-electron chi connectivity index (χ0n) is 12.3. The molecule has 0 spiro atoms. The highest BCUT2D eigenvalue weighted by atomic mass is 16.1. The highest BCUT2D eigenvalue weighted by molar-refractivity contribution is 6.04. The largest absolute Gasteiger partial charge is 0.292 e. The van der Waals surface area contributed by atoms with Crippen LogP contribution in [0.15, 0.2) is 24.3 Å². The van der Waals surface area contributed by atoms with Gasteiger partial charge in [-0.2, -0.15) is 0 Å². The van der Waals surface area contributed by atoms with E-state index in [0.29, 0.717) is 0 Å². The molecule has 0 aliphatic rings. The third-order valence-corrected chi connectivity index (χ3v) is 4.03. The summed E-state index contributed by atoms with van der Waals surface area (Å²) >= 11 is 0. The van der Waals surface area contributed by atoms with Crippen molar-refractivity contribution in [2.24, 2.45) is 0 Å². The van der Waals surface area contributed by atoms with Crippen molar-refractivity contribution in [3.05, 3.63) is 35.4 Å². The lowest BCUT2D eigenvalue weighted by atomic mass is 9.85. The first kappa shape index (κ1) is 14.9. The molecule has 1 aromatic carbocycles. The van der Waals surface area contributed by atoms with Crippen LogP contribution in [0.5, 0.6) is 0 Å². The quantitative estimate of drug-likeness (QED) is 0.715. The summed E-state index contributed by atoms with van der Waals surface area (Å²) in [5, 5.41) is 0. The minimum Gasteiger partial charge on any atom is -0.292 e. The monoisotopic (exact) mass is 247 g/mol. The first-order chi connectivity index (χ1) is 8.51. The van der Waals surface area contributed by atoms with Crippen molar-refractivity contribution in [1.82, 2.24) is 4.90 Å². The predicted octanol–water partition coefficient (Wildman–Crippen LogP) is 3.69. The lowest BCUT2D eigenvalue weighted by molar-refractivity contribution is 0.0607. The SMILES string of the molecule is CCN(CC)C(C)(CC)C(=O)c1ccccc1C. The average Bonchev–Trinajstić information content (AvgIpc) is 2.39. The molecule has 0 amide bonds. The Balaban J connectivity index is 3.17. The molecule has 0 fully saturated rings. The summed E-state index contributed by atoms with van der Waals surface area (Å²) in [6, 6.07) is 7.87. The van der Waals surface area contributed by atoms with E-state index in [9.17, 15) is 4.79 Å². The molecule has 0 heterocycles. The average molecular weight is 247 g/mol. The molecule has 0 saturated carbocycles. The normalized spacial score (nSPS) is 14.6. The number of ketones is 1. The Morgan fingerprint density at radius 2 is 1.72 bits per heavy atom. The second-order valence-corrected chi connectivity index (χ2v) is 4.94. The summed E-state index contributed by atoms with van der Waals surface area (Å²) in [6.45, 7) is 12.2. The number of hydrogen-bond donors (Lipinski definition) is 0. The first-order valence-electron chi connectivity index (χ1n) is 6.86. The molecule has 2 heteroatoms. The number of Topliss-reactive ketones (excluding diaryl/α,β-unsaturated/α-hetero) is 1. The van der Waals surface area contributed by atoms with Gasteiger partial charge in [0.1, 0.15) is 0 Å². The van der Waals surface area contributed by atoms with Crippen LogP contribution in [0, 0.1) is 6.92 Å². The van der Waals surface area contributed by atoms with Crippen LogP contribution in [0.2, 0.25) is 0 Å². The molecular weight excluding hydrogens is 222 g/mol. The molecule has 0 radical (unpaired) electrons. The highest BCUT2D eigenvalue weighted by Gasteiger charge is 2.37. The zero-order valence-corrected chi connectivity index (χ0v) is 12.3. The Hall–Kier alpha value is -1.15. The second-order valence-electron chi connectivity index (χ2n) is 4.94. The molecule has 1 rings (SSSR count). The van der Waals surface area contributed by atoms with Crippen LogP contribution in [-0.2, 0) is 0 Å². The summed E-state index contributed by atoms with van der Waals surface area (Å²) in [5.74, 6) is 0.242. The summed E-state index contributed by atoms with van der Waals surface area (Å²) in [4.78, 5) is 15.1. The van der Waals surface area contributed by atoms with Crippen LogP contribution in [0.3, 0.4) is 0 Å². The maximum Gasteiger partial charge on any atom is 0.183 e. The van der Waals surface area contributed by atoms with Gasteiger partial charge in [0.05, 0.1) is 5.54 Å². The minimum absolute atomic E-state index is 0.242. The van der Waals surface area contributed by atoms with E-state index in [1.165, 1.54) is 0 Å². The van der Waals surface area contributed by atoms with Crippen LogP contribution < -0.4 is 0 Å². The van der Waals surface area contributed by atoms with E-state index in [-0.39, 0.29) is 5.78 Å². The summed E-state index contributed by atoms with van der Waals surface area (Å²) in [6.07, 6.45) is 0.835. The van der Waals surface area contributed by atoms with Crippen LogP contribution in [0.25, 0.3) is 0 Å². The van der Waals surface area contributed by atoms with Gasteiger partial charge in [-0.05, 0) is 38.9 Å². The van der Waals surface area contributed by atoms with Gasteiger partial charge < -0.3 is 0 Å². The Morgan fingerprint density at radius 3 is 2.17 bits per heavy atom. The lowest BCUT2D eigenvalue weighted by Gasteiger charge is -2.38. The smallest absolute Gasteiger partial charge is 0.183 e. The van der Waals surface area contributed by atoms with Gasteiger partial charge in [0.2, 0.25) is 0 Å². The molecule has 0 aliphatic heterocycles. The number of aryl methyl sites for hydroxylation is 1. The standard InChI is InChI=1S/C16H25NO/c1-6-16(5,17(7-2)8-3)15(18)14-12-10-9-11-13(14)4/h9-12H,6-8H2,1-5H3. The first-order valence-corrected chi connectivity index (χ1v) is 6.86. The third kappa shape index (κ3) is 2.64. The van der Waals surface area contributed by atoms with Crippen molar-refractivity contribution >= 4 is 5.78 Å². The lowest BCUT2D eigenvalue weighted by Crippen LogP contribution is -2.52. The molecule has 1 aromatic rings. The van der Waals surface area contributed by atoms with E-state index in [1.807, 2.05) is 31.2 Å². The van der Waals surface area contributed by atoms with E-state index >= 15 is 0 Å². The molecule has 0 aliphatic carbocycles. The highest BCUT2D eigenvalue weighted by Crippen LogP contribution is 2.25. The van der Waals surface area contributed by atoms with Gasteiger partial charge in [-0.3, -0.25) is 9.69 Å². The summed E-state index contributed by atoms with van der Waals surface area (Å²) < 4.78 is 0. The molecule has 0 bridgehead atoms. The number of carbonyl (C=O) groups is 1. The fourth-order valence-electron chi connectivity index (χ4n) is 2.57. The van der Waals surface area contributed by atoms with Gasteiger partial charge >= 0.3 is 0 Å². The number of carbonyl (C=O) groups excluding carboxylic acids is 1. The van der Waals surface area contributed by atoms with Crippen LogP contribution >= 0.6 is 0 Å². The fourth-order valence-corrected chi connectivity index (χ4v) is 2.57. The molecule has 2 nitrogen and oxygen atoms in total. The maximum atomic E-state index is 12.8. The van der Waals surface area contributed by atoms with Crippen molar-refractivity contribution in [2.75, 3.05) is 13.1 Å². The molecule has 18 heavy (non-hydrogen) atoms. The topological polar surface area (TPSA) is 20.3 Å². The fraction of sp³-hybridized carbons (Fsp3) is 0.562. The third-order valence-electron chi connectivity index (χ3n) is 4.03. The molecule has 1 unspecified atom stereocenters. The number of likely N-dealkylation sites (N-methyl/N-ethyl adjacent to an activating group) is 1. The Kier molecular flexibility index (Phi) is 5.09. The zero-order chi connectivity index (χ0) is 13.8. The van der Waals surface area contributed by atoms with Crippen molar-refractivity contribution in [1.29, 1.82) is 0 Å². The van der Waals surface area contributed by atoms with Crippen LogP contribution in [0.1, 0.15) is 50.0 Å². The summed E-state index contributed by atoms with van der Waals surface area (Å²) in [5.41, 5.74) is 1.53. The predicted molar refractivity (Wildman–Crippen MR) is 77.1 cm³/mol. The van der Waals surface area contributed by atoms with Gasteiger partial charge in [0, 0.05) is 5.56 Å². The second kappa shape index (κ2) is 6.14. The van der Waals surface area contributed by atoms with E-state index in [1.54, 1.807) is 0 Å². The van der Waals surface area contributed by atoms with Crippen molar-refractivity contribution < 1.29 is 4.79 Å². The molecule has 1 atom stereocenters. The molecule has 0 aromatic heterocycles. The van der Waals surface area contributed by atoms with E-state index < -0.39 is 5.54 Å². The Bertz CT molecular complexity index is 409. The maximum absolute atomic E-state index is 12.8. The van der Waals surface area contributed by atoms with Gasteiger partial charge in [-0.15, -0.1) is 0 Å². The van der Waals surface area contributed by atoms with E-state index in [2.05, 4.69) is 32.6 Å². The molecular formula is C16H25NO. The Morgan fingerprint density at radius 1 is 1.17 bits per heavy atom. The number of nitrogens with zero attached hydrogens (tertiary/aromatic N) is 1. The molecule has 0 saturated heterocycles. The van der Waals surface area contributed by atoms with Gasteiger partial charge in [0.25, 0.3) is 0 Å². The van der Waals surface area contributed by atoms with Crippen LogP contribution in [0.4, 0.5) is 0 Å².